The molecule has 3 rings (SSSR count). The molecule has 0 bridgehead atoms. The van der Waals surface area contributed by atoms with Crippen LogP contribution in [0.3, 0.4) is 0 Å². The Hall–Kier alpha value is -2.42. The van der Waals surface area contributed by atoms with Crippen molar-refractivity contribution in [1.29, 1.82) is 0 Å². The highest BCUT2D eigenvalue weighted by Crippen LogP contribution is 2.18. The second-order valence-corrected chi connectivity index (χ2v) is 3.74. The summed E-state index contributed by atoms with van der Waals surface area (Å²) in [5.74, 6) is 1.52. The molecule has 0 spiro atoms. The minimum atomic E-state index is 0.726. The van der Waals surface area contributed by atoms with Crippen LogP contribution in [0.2, 0.25) is 0 Å². The molecule has 110 valence electrons. The summed E-state index contributed by atoms with van der Waals surface area (Å²) in [6.07, 6.45) is 0. The third-order valence-corrected chi connectivity index (χ3v) is 2.56. The molecule has 3 nitrogen and oxygen atoms in total. The van der Waals surface area contributed by atoms with Crippen LogP contribution in [0.5, 0.6) is 0 Å². The fourth-order valence-electron chi connectivity index (χ4n) is 1.70. The first-order chi connectivity index (χ1) is 10.4. The van der Waals surface area contributed by atoms with E-state index in [1.54, 1.807) is 0 Å². The largest absolute Gasteiger partial charge is 0.259 e. The molecule has 0 aliphatic rings. The Morgan fingerprint density at radius 2 is 1.14 bits per heavy atom. The predicted molar refractivity (Wildman–Crippen MR) is 90.0 cm³/mol. The highest BCUT2D eigenvalue weighted by Gasteiger charge is 2.06. The summed E-state index contributed by atoms with van der Waals surface area (Å²) in [6, 6.07) is 19.9. The highest BCUT2D eigenvalue weighted by atomic mass is 15.2. The molecular weight excluding hydrogens is 258 g/mol. The normalized spacial score (nSPS) is 8.95. The molecule has 3 heteroatoms. The van der Waals surface area contributed by atoms with E-state index in [2.05, 4.69) is 15.2 Å². The molecular formula is C18H23N3. The van der Waals surface area contributed by atoms with Crippen LogP contribution in [0.1, 0.15) is 27.7 Å². The van der Waals surface area contributed by atoms with Gasteiger partial charge in [0.2, 0.25) is 0 Å². The minimum absolute atomic E-state index is 0.726. The van der Waals surface area contributed by atoms with Crippen molar-refractivity contribution < 1.29 is 0 Å². The van der Waals surface area contributed by atoms with Gasteiger partial charge in [0.25, 0.3) is 0 Å². The van der Waals surface area contributed by atoms with E-state index in [9.17, 15) is 0 Å². The molecule has 0 amide bonds. The topological polar surface area (TPSA) is 41.6 Å². The van der Waals surface area contributed by atoms with Crippen LogP contribution in [0.4, 0.5) is 0 Å². The standard InChI is InChI=1S/C14H11N3.2C2H6/c1-3-7-11(8-4-1)13-15-14(17-16-13)12-9-5-2-6-10-12;2*1-2/h1-10H,(H,15,16,17);2*1-2H3. The van der Waals surface area contributed by atoms with E-state index in [1.165, 1.54) is 0 Å². The average molecular weight is 281 g/mol. The number of nitrogens with one attached hydrogen (secondary N) is 1. The molecule has 0 unspecified atom stereocenters. The molecule has 1 N–H and O–H groups in total. The summed E-state index contributed by atoms with van der Waals surface area (Å²) in [5, 5.41) is 7.19. The summed E-state index contributed by atoms with van der Waals surface area (Å²) < 4.78 is 0. The van der Waals surface area contributed by atoms with Crippen LogP contribution in [0.15, 0.2) is 60.7 Å². The zero-order valence-electron chi connectivity index (χ0n) is 13.2. The van der Waals surface area contributed by atoms with Crippen LogP contribution in [-0.2, 0) is 0 Å². The second kappa shape index (κ2) is 9.48. The van der Waals surface area contributed by atoms with Gasteiger partial charge in [0.05, 0.1) is 0 Å². The Bertz CT molecular complexity index is 547. The van der Waals surface area contributed by atoms with Gasteiger partial charge in [-0.05, 0) is 0 Å². The number of hydrogen-bond acceptors (Lipinski definition) is 2. The maximum absolute atomic E-state index is 4.48. The Labute approximate surface area is 127 Å². The van der Waals surface area contributed by atoms with E-state index in [0.29, 0.717) is 0 Å². The van der Waals surface area contributed by atoms with E-state index in [0.717, 1.165) is 22.8 Å². The van der Waals surface area contributed by atoms with Gasteiger partial charge in [-0.25, -0.2) is 4.98 Å². The zero-order valence-corrected chi connectivity index (χ0v) is 13.2. The Kier molecular flexibility index (Phi) is 7.51. The summed E-state index contributed by atoms with van der Waals surface area (Å²) in [4.78, 5) is 4.48. The lowest BCUT2D eigenvalue weighted by atomic mass is 10.2. The Morgan fingerprint density at radius 1 is 0.667 bits per heavy atom. The summed E-state index contributed by atoms with van der Waals surface area (Å²) >= 11 is 0. The molecule has 1 aromatic heterocycles. The van der Waals surface area contributed by atoms with E-state index in [1.807, 2.05) is 88.4 Å². The fourth-order valence-corrected chi connectivity index (χ4v) is 1.70. The summed E-state index contributed by atoms with van der Waals surface area (Å²) in [6.45, 7) is 8.00. The van der Waals surface area contributed by atoms with Gasteiger partial charge >= 0.3 is 0 Å². The lowest BCUT2D eigenvalue weighted by Crippen LogP contribution is -1.80. The third-order valence-electron chi connectivity index (χ3n) is 2.56. The van der Waals surface area contributed by atoms with E-state index in [-0.39, 0.29) is 0 Å². The maximum Gasteiger partial charge on any atom is 0.181 e. The first-order valence-electron chi connectivity index (χ1n) is 7.47. The van der Waals surface area contributed by atoms with E-state index < -0.39 is 0 Å². The molecule has 0 radical (unpaired) electrons. The van der Waals surface area contributed by atoms with Gasteiger partial charge in [-0.15, -0.1) is 0 Å². The van der Waals surface area contributed by atoms with Crippen molar-refractivity contribution in [2.24, 2.45) is 0 Å². The smallest absolute Gasteiger partial charge is 0.181 e. The van der Waals surface area contributed by atoms with Crippen LogP contribution in [0.25, 0.3) is 22.8 Å². The first-order valence-corrected chi connectivity index (χ1v) is 7.47. The van der Waals surface area contributed by atoms with Gasteiger partial charge in [0.15, 0.2) is 11.6 Å². The van der Waals surface area contributed by atoms with Crippen molar-refractivity contribution in [3.05, 3.63) is 60.7 Å². The maximum atomic E-state index is 4.48. The quantitative estimate of drug-likeness (QED) is 0.702. The number of rotatable bonds is 2. The molecule has 0 saturated carbocycles. The van der Waals surface area contributed by atoms with E-state index in [4.69, 9.17) is 0 Å². The van der Waals surface area contributed by atoms with Crippen molar-refractivity contribution in [3.8, 4) is 22.8 Å². The summed E-state index contributed by atoms with van der Waals surface area (Å²) in [5.41, 5.74) is 2.06. The lowest BCUT2D eigenvalue weighted by Gasteiger charge is -1.93. The highest BCUT2D eigenvalue weighted by molar-refractivity contribution is 5.60. The number of nitrogens with zero attached hydrogens (tertiary/aromatic N) is 2. The van der Waals surface area contributed by atoms with Crippen LogP contribution in [-0.4, -0.2) is 15.2 Å². The van der Waals surface area contributed by atoms with Gasteiger partial charge in [0.1, 0.15) is 0 Å². The molecule has 21 heavy (non-hydrogen) atoms. The predicted octanol–water partition coefficient (Wildman–Crippen LogP) is 5.19. The zero-order chi connectivity index (χ0) is 15.5. The van der Waals surface area contributed by atoms with Crippen molar-refractivity contribution in [2.45, 2.75) is 27.7 Å². The van der Waals surface area contributed by atoms with Crippen LogP contribution >= 0.6 is 0 Å². The van der Waals surface area contributed by atoms with Crippen LogP contribution in [0, 0.1) is 0 Å². The van der Waals surface area contributed by atoms with Gasteiger partial charge in [-0.1, -0.05) is 88.4 Å². The number of hydrogen-bond donors (Lipinski definition) is 1. The average Bonchev–Trinajstić information content (AvgIpc) is 3.10. The molecule has 0 atom stereocenters. The van der Waals surface area contributed by atoms with Crippen molar-refractivity contribution in [1.82, 2.24) is 15.2 Å². The molecule has 0 saturated heterocycles. The molecule has 2 aromatic carbocycles. The van der Waals surface area contributed by atoms with Gasteiger partial charge in [0, 0.05) is 11.1 Å². The molecule has 3 aromatic rings. The monoisotopic (exact) mass is 281 g/mol. The fraction of sp³-hybridized carbons (Fsp3) is 0.222. The Balaban J connectivity index is 0.000000510. The second-order valence-electron chi connectivity index (χ2n) is 3.74. The molecule has 1 heterocycles. The molecule has 0 aliphatic carbocycles. The van der Waals surface area contributed by atoms with Crippen molar-refractivity contribution in [3.63, 3.8) is 0 Å². The number of aromatic amines is 1. The first kappa shape index (κ1) is 16.6. The molecule has 0 aliphatic heterocycles. The minimum Gasteiger partial charge on any atom is -0.259 e. The number of H-pyrrole nitrogens is 1. The van der Waals surface area contributed by atoms with E-state index >= 15 is 0 Å². The molecule has 0 fully saturated rings. The lowest BCUT2D eigenvalue weighted by molar-refractivity contribution is 1.10. The summed E-state index contributed by atoms with van der Waals surface area (Å²) in [7, 11) is 0. The van der Waals surface area contributed by atoms with Gasteiger partial charge in [-0.2, -0.15) is 5.10 Å². The van der Waals surface area contributed by atoms with Gasteiger partial charge in [-0.3, -0.25) is 5.10 Å². The van der Waals surface area contributed by atoms with Crippen LogP contribution < -0.4 is 0 Å². The number of benzene rings is 2. The van der Waals surface area contributed by atoms with Crippen molar-refractivity contribution in [2.75, 3.05) is 0 Å². The SMILES string of the molecule is CC.CC.c1ccc(-c2n[nH]c(-c3ccccc3)n2)cc1. The Morgan fingerprint density at radius 3 is 1.67 bits per heavy atom. The third kappa shape index (κ3) is 4.56. The van der Waals surface area contributed by atoms with Gasteiger partial charge < -0.3 is 0 Å². The van der Waals surface area contributed by atoms with Crippen molar-refractivity contribution >= 4 is 0 Å². The number of aromatic nitrogens is 3.